The first kappa shape index (κ1) is 8.32. The minimum absolute atomic E-state index is 0.141. The molecule has 0 spiro atoms. The molecule has 1 rings (SSSR count). The summed E-state index contributed by atoms with van der Waals surface area (Å²) in [5.74, 6) is -2.23. The van der Waals surface area contributed by atoms with Crippen LogP contribution in [0.2, 0.25) is 0 Å². The third kappa shape index (κ3) is 1.29. The molecule has 64 valence electrons. The number of rotatable bonds is 2. The van der Waals surface area contributed by atoms with E-state index in [4.69, 9.17) is 0 Å². The number of hydrogen-bond donors (Lipinski definition) is 0. The van der Waals surface area contributed by atoms with Crippen molar-refractivity contribution in [1.29, 1.82) is 0 Å². The molecule has 0 amide bonds. The SMILES string of the molecule is COC(=O)c1cocc1C(=O)[O-]. The molecule has 0 aliphatic carbocycles. The van der Waals surface area contributed by atoms with E-state index in [0.717, 1.165) is 19.6 Å². The Hall–Kier alpha value is -1.78. The minimum Gasteiger partial charge on any atom is -0.545 e. The molecular weight excluding hydrogens is 164 g/mol. The zero-order valence-electron chi connectivity index (χ0n) is 6.20. The summed E-state index contributed by atoms with van der Waals surface area (Å²) in [5.41, 5.74) is -0.445. The molecule has 1 aromatic rings. The molecule has 0 aliphatic rings. The molecule has 0 radical (unpaired) electrons. The van der Waals surface area contributed by atoms with Crippen LogP contribution in [-0.4, -0.2) is 19.0 Å². The standard InChI is InChI=1S/C7H6O5/c1-11-7(10)5-3-12-2-4(5)6(8)9/h2-3H,1H3,(H,8,9)/p-1. The number of aromatic carboxylic acids is 1. The van der Waals surface area contributed by atoms with Crippen molar-refractivity contribution in [1.82, 2.24) is 0 Å². The zero-order chi connectivity index (χ0) is 9.14. The molecule has 0 bridgehead atoms. The molecule has 1 heterocycles. The molecule has 0 aliphatic heterocycles. The van der Waals surface area contributed by atoms with Crippen molar-refractivity contribution in [3.63, 3.8) is 0 Å². The predicted molar refractivity (Wildman–Crippen MR) is 34.4 cm³/mol. The Balaban J connectivity index is 3.07. The van der Waals surface area contributed by atoms with Gasteiger partial charge in [-0.25, -0.2) is 4.79 Å². The van der Waals surface area contributed by atoms with E-state index in [0.29, 0.717) is 0 Å². The normalized spacial score (nSPS) is 9.42. The maximum atomic E-state index is 10.8. The van der Waals surface area contributed by atoms with Crippen LogP contribution in [0, 0.1) is 0 Å². The fourth-order valence-electron chi connectivity index (χ4n) is 0.723. The lowest BCUT2D eigenvalue weighted by molar-refractivity contribution is -0.255. The van der Waals surface area contributed by atoms with E-state index in [1.807, 2.05) is 0 Å². The Kier molecular flexibility index (Phi) is 2.14. The summed E-state index contributed by atoms with van der Waals surface area (Å²) in [7, 11) is 1.15. The van der Waals surface area contributed by atoms with E-state index < -0.39 is 11.9 Å². The van der Waals surface area contributed by atoms with Crippen molar-refractivity contribution in [2.75, 3.05) is 7.11 Å². The molecule has 0 aromatic carbocycles. The first-order valence-electron chi connectivity index (χ1n) is 3.02. The Morgan fingerprint density at radius 1 is 1.42 bits per heavy atom. The lowest BCUT2D eigenvalue weighted by Gasteiger charge is -1.99. The van der Waals surface area contributed by atoms with Gasteiger partial charge in [0, 0.05) is 0 Å². The number of ether oxygens (including phenoxy) is 1. The van der Waals surface area contributed by atoms with Gasteiger partial charge in [-0.15, -0.1) is 0 Å². The first-order chi connectivity index (χ1) is 5.66. The Morgan fingerprint density at radius 2 is 2.00 bits per heavy atom. The zero-order valence-corrected chi connectivity index (χ0v) is 6.20. The highest BCUT2D eigenvalue weighted by Gasteiger charge is 2.14. The van der Waals surface area contributed by atoms with Crippen LogP contribution < -0.4 is 5.11 Å². The van der Waals surface area contributed by atoms with Crippen LogP contribution in [0.3, 0.4) is 0 Å². The molecule has 0 N–H and O–H groups in total. The number of carboxylic acids is 1. The van der Waals surface area contributed by atoms with E-state index in [9.17, 15) is 14.7 Å². The maximum Gasteiger partial charge on any atom is 0.341 e. The largest absolute Gasteiger partial charge is 0.545 e. The lowest BCUT2D eigenvalue weighted by Crippen LogP contribution is -2.24. The number of carboxylic acid groups (broad SMARTS) is 1. The van der Waals surface area contributed by atoms with Gasteiger partial charge in [0.1, 0.15) is 18.1 Å². The predicted octanol–water partition coefficient (Wildman–Crippen LogP) is -0.570. The second-order valence-corrected chi connectivity index (χ2v) is 1.98. The number of carbonyl (C=O) groups is 2. The van der Waals surface area contributed by atoms with Gasteiger partial charge in [-0.3, -0.25) is 0 Å². The van der Waals surface area contributed by atoms with Gasteiger partial charge in [-0.2, -0.15) is 0 Å². The summed E-state index contributed by atoms with van der Waals surface area (Å²) in [5, 5.41) is 10.3. The highest BCUT2D eigenvalue weighted by atomic mass is 16.5. The summed E-state index contributed by atoms with van der Waals surface area (Å²) in [4.78, 5) is 21.2. The second-order valence-electron chi connectivity index (χ2n) is 1.98. The summed E-state index contributed by atoms with van der Waals surface area (Å²) in [6.45, 7) is 0. The van der Waals surface area contributed by atoms with Gasteiger partial charge in [-0.05, 0) is 0 Å². The molecule has 0 saturated carbocycles. The third-order valence-electron chi connectivity index (χ3n) is 1.29. The second kappa shape index (κ2) is 3.08. The number of furan rings is 1. The maximum absolute atomic E-state index is 10.8. The Bertz CT molecular complexity index is 311. The van der Waals surface area contributed by atoms with Crippen molar-refractivity contribution >= 4 is 11.9 Å². The average molecular weight is 169 g/mol. The number of carbonyl (C=O) groups excluding carboxylic acids is 2. The molecule has 1 aromatic heterocycles. The molecular formula is C7H5O5-. The highest BCUT2D eigenvalue weighted by Crippen LogP contribution is 2.10. The van der Waals surface area contributed by atoms with E-state index in [2.05, 4.69) is 9.15 Å². The van der Waals surface area contributed by atoms with Crippen molar-refractivity contribution in [3.8, 4) is 0 Å². The van der Waals surface area contributed by atoms with Crippen LogP contribution >= 0.6 is 0 Å². The van der Waals surface area contributed by atoms with Gasteiger partial charge in [0.05, 0.1) is 18.6 Å². The van der Waals surface area contributed by atoms with E-state index >= 15 is 0 Å². The van der Waals surface area contributed by atoms with E-state index in [1.165, 1.54) is 0 Å². The molecule has 0 fully saturated rings. The van der Waals surface area contributed by atoms with Crippen LogP contribution in [0.25, 0.3) is 0 Å². The van der Waals surface area contributed by atoms with E-state index in [-0.39, 0.29) is 11.1 Å². The molecule has 0 unspecified atom stereocenters. The van der Waals surface area contributed by atoms with Crippen molar-refractivity contribution < 1.29 is 23.8 Å². The van der Waals surface area contributed by atoms with Crippen molar-refractivity contribution in [2.45, 2.75) is 0 Å². The lowest BCUT2D eigenvalue weighted by atomic mass is 10.2. The molecule has 0 saturated heterocycles. The quantitative estimate of drug-likeness (QED) is 0.554. The van der Waals surface area contributed by atoms with Crippen molar-refractivity contribution in [2.24, 2.45) is 0 Å². The topological polar surface area (TPSA) is 79.6 Å². The summed E-state index contributed by atoms with van der Waals surface area (Å²) in [6.07, 6.45) is 1.92. The van der Waals surface area contributed by atoms with Gasteiger partial charge in [0.15, 0.2) is 0 Å². The van der Waals surface area contributed by atoms with E-state index in [1.54, 1.807) is 0 Å². The molecule has 12 heavy (non-hydrogen) atoms. The Labute approximate surface area is 67.6 Å². The van der Waals surface area contributed by atoms with Gasteiger partial charge >= 0.3 is 5.97 Å². The average Bonchev–Trinajstić information content (AvgIpc) is 2.50. The van der Waals surface area contributed by atoms with Crippen LogP contribution in [-0.2, 0) is 4.74 Å². The molecule has 5 nitrogen and oxygen atoms in total. The van der Waals surface area contributed by atoms with Gasteiger partial charge < -0.3 is 19.1 Å². The summed E-state index contributed by atoms with van der Waals surface area (Å²) >= 11 is 0. The third-order valence-corrected chi connectivity index (χ3v) is 1.29. The first-order valence-corrected chi connectivity index (χ1v) is 3.02. The van der Waals surface area contributed by atoms with Crippen LogP contribution in [0.5, 0.6) is 0 Å². The minimum atomic E-state index is -1.47. The Morgan fingerprint density at radius 3 is 2.50 bits per heavy atom. The smallest absolute Gasteiger partial charge is 0.341 e. The number of hydrogen-bond acceptors (Lipinski definition) is 5. The molecule has 0 atom stereocenters. The summed E-state index contributed by atoms with van der Waals surface area (Å²) < 4.78 is 8.80. The fraction of sp³-hybridized carbons (Fsp3) is 0.143. The van der Waals surface area contributed by atoms with Crippen LogP contribution in [0.1, 0.15) is 20.7 Å². The van der Waals surface area contributed by atoms with Gasteiger partial charge in [-0.1, -0.05) is 0 Å². The van der Waals surface area contributed by atoms with Gasteiger partial charge in [0.25, 0.3) is 0 Å². The monoisotopic (exact) mass is 169 g/mol. The summed E-state index contributed by atoms with van der Waals surface area (Å²) in [6, 6.07) is 0. The highest BCUT2D eigenvalue weighted by molar-refractivity contribution is 6.01. The number of esters is 1. The van der Waals surface area contributed by atoms with Crippen LogP contribution in [0.15, 0.2) is 16.9 Å². The fourth-order valence-corrected chi connectivity index (χ4v) is 0.723. The van der Waals surface area contributed by atoms with Gasteiger partial charge in [0.2, 0.25) is 0 Å². The molecule has 5 heteroatoms. The van der Waals surface area contributed by atoms with Crippen molar-refractivity contribution in [3.05, 3.63) is 23.7 Å². The van der Waals surface area contributed by atoms with Crippen LogP contribution in [0.4, 0.5) is 0 Å². The number of methoxy groups -OCH3 is 1.